The highest BCUT2D eigenvalue weighted by molar-refractivity contribution is 5.79. The van der Waals surface area contributed by atoms with E-state index in [1.54, 1.807) is 13.0 Å². The second-order valence-corrected chi connectivity index (χ2v) is 6.74. The minimum atomic E-state index is -1.16. The van der Waals surface area contributed by atoms with Crippen LogP contribution in [0.3, 0.4) is 0 Å². The maximum absolute atomic E-state index is 10.4. The predicted molar refractivity (Wildman–Crippen MR) is 97.1 cm³/mol. The number of aliphatic carboxylic acids is 1. The molecule has 0 unspecified atom stereocenters. The van der Waals surface area contributed by atoms with E-state index in [9.17, 15) is 9.90 Å². The van der Waals surface area contributed by atoms with Gasteiger partial charge in [-0.15, -0.1) is 0 Å². The van der Waals surface area contributed by atoms with Crippen LogP contribution in [0.4, 0.5) is 0 Å². The van der Waals surface area contributed by atoms with Gasteiger partial charge < -0.3 is 16.1 Å². The largest absolute Gasteiger partial charge is 0.545 e. The fourth-order valence-corrected chi connectivity index (χ4v) is 2.87. The lowest BCUT2D eigenvalue weighted by Crippen LogP contribution is -2.19. The van der Waals surface area contributed by atoms with Crippen molar-refractivity contribution in [2.75, 3.05) is 0 Å². The molecule has 0 saturated heterocycles. The zero-order valence-corrected chi connectivity index (χ0v) is 15.4. The minimum absolute atomic E-state index is 0. The van der Waals surface area contributed by atoms with E-state index in [0.29, 0.717) is 5.57 Å². The van der Waals surface area contributed by atoms with Crippen molar-refractivity contribution in [3.05, 3.63) is 58.7 Å². The third-order valence-corrected chi connectivity index (χ3v) is 4.12. The molecule has 0 aromatic carbocycles. The zero-order chi connectivity index (χ0) is 16.8. The smallest absolute Gasteiger partial charge is 0.0645 e. The molecule has 23 heavy (non-hydrogen) atoms. The molecule has 0 fully saturated rings. The highest BCUT2D eigenvalue weighted by Gasteiger charge is 2.26. The van der Waals surface area contributed by atoms with Crippen molar-refractivity contribution in [2.45, 2.75) is 53.9 Å². The Hall–Kier alpha value is -1.87. The average Bonchev–Trinajstić information content (AvgIpc) is 2.36. The molecule has 0 amide bonds. The summed E-state index contributed by atoms with van der Waals surface area (Å²) < 4.78 is 0. The number of carboxylic acids is 1. The first kappa shape index (κ1) is 21.1. The Labute approximate surface area is 140 Å². The van der Waals surface area contributed by atoms with Gasteiger partial charge in [0.2, 0.25) is 0 Å². The summed E-state index contributed by atoms with van der Waals surface area (Å²) in [7, 11) is 0. The van der Waals surface area contributed by atoms with Crippen molar-refractivity contribution >= 4 is 5.97 Å². The number of carboxylic acid groups (broad SMARTS) is 1. The van der Waals surface area contributed by atoms with Gasteiger partial charge in [-0.1, -0.05) is 55.4 Å². The van der Waals surface area contributed by atoms with Crippen LogP contribution < -0.4 is 11.3 Å². The number of quaternary nitrogens is 1. The second kappa shape index (κ2) is 9.31. The Morgan fingerprint density at radius 1 is 1.17 bits per heavy atom. The number of hydrogen-bond donors (Lipinski definition) is 1. The molecule has 0 heterocycles. The summed E-state index contributed by atoms with van der Waals surface area (Å²) in [4.78, 5) is 10.4. The predicted octanol–water partition coefficient (Wildman–Crippen LogP) is 4.64. The van der Waals surface area contributed by atoms with Gasteiger partial charge in [0.1, 0.15) is 0 Å². The number of carbonyl (C=O) groups excluding carboxylic acids is 1. The third kappa shape index (κ3) is 7.29. The number of carbonyl (C=O) groups is 1. The lowest BCUT2D eigenvalue weighted by Gasteiger charge is -2.32. The Balaban J connectivity index is 0.00000484. The highest BCUT2D eigenvalue weighted by Crippen LogP contribution is 2.40. The van der Waals surface area contributed by atoms with Crippen molar-refractivity contribution < 1.29 is 9.90 Å². The first-order valence-electron chi connectivity index (χ1n) is 7.85. The molecule has 128 valence electrons. The van der Waals surface area contributed by atoms with E-state index in [1.165, 1.54) is 30.4 Å². The standard InChI is InChI=1S/C20H28O2.H3N/c1-15(8-6-9-16(2)14-19(21)22)11-12-18-17(3)10-7-13-20(18,4)5;/h6,8-9,11-12,14H,7,10,13H2,1-5H3,(H,21,22);1H3/b9-6+,12-11+,15-8+,16-14+;. The molecule has 0 radical (unpaired) electrons. The molecule has 0 aromatic heterocycles. The molecule has 0 aliphatic heterocycles. The van der Waals surface area contributed by atoms with Crippen molar-refractivity contribution in [3.8, 4) is 0 Å². The van der Waals surface area contributed by atoms with Crippen molar-refractivity contribution in [2.24, 2.45) is 5.41 Å². The van der Waals surface area contributed by atoms with Gasteiger partial charge in [0.05, 0.1) is 5.97 Å². The molecule has 1 rings (SSSR count). The van der Waals surface area contributed by atoms with Gasteiger partial charge in [-0.2, -0.15) is 0 Å². The molecule has 0 saturated carbocycles. The van der Waals surface area contributed by atoms with Crippen LogP contribution in [0.25, 0.3) is 0 Å². The van der Waals surface area contributed by atoms with Gasteiger partial charge in [0.25, 0.3) is 0 Å². The number of hydrogen-bond acceptors (Lipinski definition) is 2. The van der Waals surface area contributed by atoms with E-state index in [-0.39, 0.29) is 11.6 Å². The lowest BCUT2D eigenvalue weighted by molar-refractivity contribution is -0.297. The van der Waals surface area contributed by atoms with Gasteiger partial charge >= 0.3 is 0 Å². The van der Waals surface area contributed by atoms with Crippen LogP contribution in [-0.4, -0.2) is 5.97 Å². The SMILES string of the molecule is CC1=C(/C=C/C(C)=C/C=C/C(C)=C/C(=O)[O-])C(C)(C)CCC1.[NH4+]. The monoisotopic (exact) mass is 317 g/mol. The molecule has 0 atom stereocenters. The van der Waals surface area contributed by atoms with Gasteiger partial charge in [-0.25, -0.2) is 0 Å². The molecule has 1 aliphatic carbocycles. The number of allylic oxidation sites excluding steroid dienone is 9. The van der Waals surface area contributed by atoms with E-state index in [4.69, 9.17) is 0 Å². The van der Waals surface area contributed by atoms with E-state index in [2.05, 4.69) is 32.9 Å². The van der Waals surface area contributed by atoms with Gasteiger partial charge in [-0.05, 0) is 62.7 Å². The normalized spacial score (nSPS) is 19.3. The van der Waals surface area contributed by atoms with Crippen molar-refractivity contribution in [1.82, 2.24) is 6.15 Å². The molecule has 3 heteroatoms. The summed E-state index contributed by atoms with van der Waals surface area (Å²) in [6, 6.07) is 0. The average molecular weight is 317 g/mol. The maximum Gasteiger partial charge on any atom is 0.0645 e. The summed E-state index contributed by atoms with van der Waals surface area (Å²) in [5, 5.41) is 10.4. The molecular formula is C20H31NO2. The van der Waals surface area contributed by atoms with Crippen LogP contribution >= 0.6 is 0 Å². The topological polar surface area (TPSA) is 76.6 Å². The molecule has 3 nitrogen and oxygen atoms in total. The summed E-state index contributed by atoms with van der Waals surface area (Å²) in [6.07, 6.45) is 14.8. The zero-order valence-electron chi connectivity index (χ0n) is 15.4. The summed E-state index contributed by atoms with van der Waals surface area (Å²) in [5.41, 5.74) is 4.99. The third-order valence-electron chi connectivity index (χ3n) is 4.12. The summed E-state index contributed by atoms with van der Waals surface area (Å²) in [6.45, 7) is 10.6. The fraction of sp³-hybridized carbons (Fsp3) is 0.450. The molecule has 0 aromatic rings. The van der Waals surface area contributed by atoms with E-state index in [0.717, 1.165) is 11.6 Å². The molecule has 0 bridgehead atoms. The molecular weight excluding hydrogens is 286 g/mol. The van der Waals surface area contributed by atoms with E-state index >= 15 is 0 Å². The minimum Gasteiger partial charge on any atom is -0.545 e. The van der Waals surface area contributed by atoms with Crippen molar-refractivity contribution in [3.63, 3.8) is 0 Å². The van der Waals surface area contributed by atoms with Crippen LogP contribution in [0.1, 0.15) is 53.9 Å². The van der Waals surface area contributed by atoms with E-state index < -0.39 is 5.97 Å². The van der Waals surface area contributed by atoms with Crippen LogP contribution in [0, 0.1) is 5.41 Å². The fourth-order valence-electron chi connectivity index (χ4n) is 2.87. The quantitative estimate of drug-likeness (QED) is 0.592. The second-order valence-electron chi connectivity index (χ2n) is 6.74. The summed E-state index contributed by atoms with van der Waals surface area (Å²) in [5.74, 6) is -1.16. The van der Waals surface area contributed by atoms with Gasteiger partial charge in [-0.3, -0.25) is 0 Å². The van der Waals surface area contributed by atoms with Crippen LogP contribution in [-0.2, 0) is 4.79 Å². The van der Waals surface area contributed by atoms with Gasteiger partial charge in [0, 0.05) is 0 Å². The van der Waals surface area contributed by atoms with Crippen molar-refractivity contribution in [1.29, 1.82) is 0 Å². The van der Waals surface area contributed by atoms with Crippen LogP contribution in [0.5, 0.6) is 0 Å². The Morgan fingerprint density at radius 2 is 1.83 bits per heavy atom. The first-order chi connectivity index (χ1) is 10.2. The Kier molecular flexibility index (Phi) is 8.55. The summed E-state index contributed by atoms with van der Waals surface area (Å²) >= 11 is 0. The number of rotatable bonds is 5. The molecule has 0 spiro atoms. The van der Waals surface area contributed by atoms with E-state index in [1.807, 2.05) is 19.1 Å². The van der Waals surface area contributed by atoms with Crippen LogP contribution in [0.15, 0.2) is 58.7 Å². The van der Waals surface area contributed by atoms with Crippen LogP contribution in [0.2, 0.25) is 0 Å². The van der Waals surface area contributed by atoms with Gasteiger partial charge in [0.15, 0.2) is 0 Å². The highest BCUT2D eigenvalue weighted by atomic mass is 16.4. The Bertz CT molecular complexity index is 572. The maximum atomic E-state index is 10.4. The molecule has 1 aliphatic rings. The lowest BCUT2D eigenvalue weighted by atomic mass is 9.72. The molecule has 4 N–H and O–H groups in total. The first-order valence-corrected chi connectivity index (χ1v) is 7.85. The Morgan fingerprint density at radius 3 is 2.39 bits per heavy atom.